The first-order valence-electron chi connectivity index (χ1n) is 6.74. The Balaban J connectivity index is 0.000000220. The molecule has 4 nitrogen and oxygen atoms in total. The summed E-state index contributed by atoms with van der Waals surface area (Å²) in [6.07, 6.45) is 4.07. The van der Waals surface area contributed by atoms with Crippen LogP contribution in [0.3, 0.4) is 0 Å². The van der Waals surface area contributed by atoms with E-state index >= 15 is 0 Å². The molecule has 0 aromatic heterocycles. The molecule has 0 heterocycles. The van der Waals surface area contributed by atoms with E-state index < -0.39 is 5.97 Å². The molecule has 0 bridgehead atoms. The topological polar surface area (TPSA) is 55.8 Å². The second-order valence-corrected chi connectivity index (χ2v) is 4.31. The lowest BCUT2D eigenvalue weighted by Gasteiger charge is -1.98. The summed E-state index contributed by atoms with van der Waals surface area (Å²) in [6.45, 7) is 2.00. The van der Waals surface area contributed by atoms with E-state index in [0.717, 1.165) is 5.75 Å². The maximum atomic E-state index is 10.4. The summed E-state index contributed by atoms with van der Waals surface area (Å²) in [5.41, 5.74) is 1.47. The van der Waals surface area contributed by atoms with Crippen LogP contribution in [0.5, 0.6) is 11.5 Å². The Morgan fingerprint density at radius 1 is 0.909 bits per heavy atom. The second kappa shape index (κ2) is 9.23. The monoisotopic (exact) mass is 300 g/mol. The molecule has 0 aliphatic carbocycles. The van der Waals surface area contributed by atoms with Crippen LogP contribution in [-0.4, -0.2) is 25.3 Å². The molecule has 2 aromatic carbocycles. The Kier molecular flexibility index (Phi) is 7.26. The van der Waals surface area contributed by atoms with E-state index in [1.165, 1.54) is 24.8 Å². The van der Waals surface area contributed by atoms with E-state index in [4.69, 9.17) is 14.6 Å². The van der Waals surface area contributed by atoms with Crippen LogP contribution >= 0.6 is 0 Å². The lowest BCUT2D eigenvalue weighted by Crippen LogP contribution is -1.95. The molecular formula is C18H20O4. The van der Waals surface area contributed by atoms with E-state index in [9.17, 15) is 4.79 Å². The van der Waals surface area contributed by atoms with Crippen LogP contribution in [-0.2, 0) is 0 Å². The number of ether oxygens (including phenoxy) is 2. The predicted octanol–water partition coefficient (Wildman–Crippen LogP) is 4.12. The van der Waals surface area contributed by atoms with Crippen molar-refractivity contribution < 1.29 is 19.4 Å². The Bertz CT molecular complexity index is 598. The van der Waals surface area contributed by atoms with Gasteiger partial charge in [0.15, 0.2) is 0 Å². The van der Waals surface area contributed by atoms with Crippen molar-refractivity contribution in [1.82, 2.24) is 0 Å². The molecule has 0 atom stereocenters. The Morgan fingerprint density at radius 2 is 1.36 bits per heavy atom. The number of methoxy groups -OCH3 is 2. The quantitative estimate of drug-likeness (QED) is 0.922. The minimum atomic E-state index is -0.923. The van der Waals surface area contributed by atoms with Crippen LogP contribution in [0.2, 0.25) is 0 Å². The van der Waals surface area contributed by atoms with Gasteiger partial charge in [-0.2, -0.15) is 0 Å². The highest BCUT2D eigenvalue weighted by Crippen LogP contribution is 2.12. The number of allylic oxidation sites excluding steroid dienone is 1. The zero-order valence-corrected chi connectivity index (χ0v) is 12.9. The van der Waals surface area contributed by atoms with Crippen LogP contribution in [0.25, 0.3) is 6.08 Å². The first kappa shape index (κ1) is 17.3. The maximum absolute atomic E-state index is 10.4. The van der Waals surface area contributed by atoms with Crippen LogP contribution in [0, 0.1) is 0 Å². The molecule has 1 N–H and O–H groups in total. The number of carboxylic acids is 1. The van der Waals surface area contributed by atoms with Crippen molar-refractivity contribution in [2.75, 3.05) is 14.2 Å². The van der Waals surface area contributed by atoms with Gasteiger partial charge in [0.1, 0.15) is 11.5 Å². The molecule has 2 aromatic rings. The maximum Gasteiger partial charge on any atom is 0.335 e. The van der Waals surface area contributed by atoms with Crippen molar-refractivity contribution in [1.29, 1.82) is 0 Å². The van der Waals surface area contributed by atoms with Crippen LogP contribution in [0.4, 0.5) is 0 Å². The van der Waals surface area contributed by atoms with Crippen LogP contribution in [0.15, 0.2) is 54.6 Å². The molecule has 0 aliphatic heterocycles. The number of carbonyl (C=O) groups is 1. The average molecular weight is 300 g/mol. The molecule has 0 fully saturated rings. The Labute approximate surface area is 130 Å². The number of hydrogen-bond acceptors (Lipinski definition) is 3. The van der Waals surface area contributed by atoms with Gasteiger partial charge in [0.05, 0.1) is 19.8 Å². The van der Waals surface area contributed by atoms with Crippen LogP contribution < -0.4 is 9.47 Å². The van der Waals surface area contributed by atoms with Crippen molar-refractivity contribution in [3.63, 3.8) is 0 Å². The molecule has 2 rings (SSSR count). The SMILES string of the molecule is CC=Cc1ccc(OC)cc1.COc1ccc(C(=O)O)cc1. The van der Waals surface area contributed by atoms with Gasteiger partial charge in [-0.15, -0.1) is 0 Å². The number of aromatic carboxylic acids is 1. The number of benzene rings is 2. The highest BCUT2D eigenvalue weighted by Gasteiger charge is 2.00. The highest BCUT2D eigenvalue weighted by atomic mass is 16.5. The molecule has 0 saturated heterocycles. The summed E-state index contributed by atoms with van der Waals surface area (Å²) in [7, 11) is 3.21. The molecular weight excluding hydrogens is 280 g/mol. The van der Waals surface area contributed by atoms with Crippen molar-refractivity contribution in [3.8, 4) is 11.5 Å². The minimum absolute atomic E-state index is 0.269. The molecule has 0 aliphatic rings. The molecule has 0 spiro atoms. The van der Waals surface area contributed by atoms with Gasteiger partial charge in [0.2, 0.25) is 0 Å². The van der Waals surface area contributed by atoms with Gasteiger partial charge in [-0.1, -0.05) is 24.3 Å². The zero-order valence-electron chi connectivity index (χ0n) is 12.9. The first-order chi connectivity index (χ1) is 10.6. The fourth-order valence-electron chi connectivity index (χ4n) is 1.64. The number of rotatable bonds is 4. The van der Waals surface area contributed by atoms with Gasteiger partial charge in [-0.25, -0.2) is 4.79 Å². The van der Waals surface area contributed by atoms with Crippen LogP contribution in [0.1, 0.15) is 22.8 Å². The summed E-state index contributed by atoms with van der Waals surface area (Å²) >= 11 is 0. The fraction of sp³-hybridized carbons (Fsp3) is 0.167. The zero-order chi connectivity index (χ0) is 16.4. The van der Waals surface area contributed by atoms with Crippen molar-refractivity contribution in [3.05, 3.63) is 65.7 Å². The lowest BCUT2D eigenvalue weighted by molar-refractivity contribution is 0.0697. The van der Waals surface area contributed by atoms with Gasteiger partial charge in [-0.3, -0.25) is 0 Å². The molecule has 0 radical (unpaired) electrons. The molecule has 0 saturated carbocycles. The third-order valence-corrected chi connectivity index (χ3v) is 2.81. The Morgan fingerprint density at radius 3 is 1.73 bits per heavy atom. The van der Waals surface area contributed by atoms with Gasteiger partial charge in [0, 0.05) is 0 Å². The van der Waals surface area contributed by atoms with E-state index in [2.05, 4.69) is 6.08 Å². The van der Waals surface area contributed by atoms with E-state index in [0.29, 0.717) is 5.75 Å². The van der Waals surface area contributed by atoms with E-state index in [-0.39, 0.29) is 5.56 Å². The molecule has 0 amide bonds. The van der Waals surface area contributed by atoms with Crippen molar-refractivity contribution in [2.45, 2.75) is 6.92 Å². The summed E-state index contributed by atoms with van der Waals surface area (Å²) < 4.78 is 9.88. The normalized spacial score (nSPS) is 9.77. The van der Waals surface area contributed by atoms with Gasteiger partial charge >= 0.3 is 5.97 Å². The minimum Gasteiger partial charge on any atom is -0.497 e. The summed E-state index contributed by atoms with van der Waals surface area (Å²) in [6, 6.07) is 14.2. The molecule has 116 valence electrons. The van der Waals surface area contributed by atoms with E-state index in [1.807, 2.05) is 37.3 Å². The highest BCUT2D eigenvalue weighted by molar-refractivity contribution is 5.87. The molecule has 22 heavy (non-hydrogen) atoms. The number of carboxylic acid groups (broad SMARTS) is 1. The van der Waals surface area contributed by atoms with Gasteiger partial charge < -0.3 is 14.6 Å². The van der Waals surface area contributed by atoms with Crippen molar-refractivity contribution in [2.24, 2.45) is 0 Å². The summed E-state index contributed by atoms with van der Waals surface area (Å²) in [5.74, 6) is 0.640. The summed E-state index contributed by atoms with van der Waals surface area (Å²) in [5, 5.41) is 8.51. The smallest absolute Gasteiger partial charge is 0.335 e. The first-order valence-corrected chi connectivity index (χ1v) is 6.74. The van der Waals surface area contributed by atoms with Gasteiger partial charge in [-0.05, 0) is 48.9 Å². The van der Waals surface area contributed by atoms with Gasteiger partial charge in [0.25, 0.3) is 0 Å². The van der Waals surface area contributed by atoms with Crippen molar-refractivity contribution >= 4 is 12.0 Å². The third kappa shape index (κ3) is 5.71. The van der Waals surface area contributed by atoms with E-state index in [1.54, 1.807) is 19.2 Å². The standard InChI is InChI=1S/C10H12O.C8H8O3/c1-3-4-9-5-7-10(11-2)8-6-9;1-11-7-4-2-6(3-5-7)8(9)10/h3-8H,1-2H3;2-5H,1H3,(H,9,10). The molecule has 0 unspecified atom stereocenters. The number of hydrogen-bond donors (Lipinski definition) is 1. The lowest BCUT2D eigenvalue weighted by atomic mass is 10.2. The second-order valence-electron chi connectivity index (χ2n) is 4.31. The predicted molar refractivity (Wildman–Crippen MR) is 87.7 cm³/mol. The average Bonchev–Trinajstić information content (AvgIpc) is 2.56. The Hall–Kier alpha value is -2.75. The summed E-state index contributed by atoms with van der Waals surface area (Å²) in [4.78, 5) is 10.4. The fourth-order valence-corrected chi connectivity index (χ4v) is 1.64. The molecule has 4 heteroatoms. The third-order valence-electron chi connectivity index (χ3n) is 2.81. The largest absolute Gasteiger partial charge is 0.497 e.